The molecule has 0 radical (unpaired) electrons. The highest BCUT2D eigenvalue weighted by atomic mass is 16.4. The Labute approximate surface area is 139 Å². The zero-order valence-corrected chi connectivity index (χ0v) is 13.5. The molecule has 2 unspecified atom stereocenters. The number of aliphatic carboxylic acids is 2. The van der Waals surface area contributed by atoms with Crippen LogP contribution in [0.1, 0.15) is 36.8 Å². The van der Waals surface area contributed by atoms with Gasteiger partial charge in [-0.25, -0.2) is 0 Å². The first-order valence-electron chi connectivity index (χ1n) is 7.82. The molecule has 2 N–H and O–H groups in total. The van der Waals surface area contributed by atoms with Crippen LogP contribution in [0.4, 0.5) is 0 Å². The van der Waals surface area contributed by atoms with E-state index in [9.17, 15) is 19.8 Å². The summed E-state index contributed by atoms with van der Waals surface area (Å²) in [5.74, 6) is -3.17. The third kappa shape index (κ3) is 2.40. The zero-order valence-electron chi connectivity index (χ0n) is 13.5. The summed E-state index contributed by atoms with van der Waals surface area (Å²) in [4.78, 5) is 23.2. The van der Waals surface area contributed by atoms with E-state index >= 15 is 0 Å². The molecule has 0 bridgehead atoms. The Bertz CT molecular complexity index is 823. The number of rotatable bonds is 4. The molecule has 0 aliphatic rings. The van der Waals surface area contributed by atoms with Crippen LogP contribution >= 0.6 is 0 Å². The first-order chi connectivity index (χ1) is 11.4. The lowest BCUT2D eigenvalue weighted by molar-refractivity contribution is -0.139. The third-order valence-electron chi connectivity index (χ3n) is 4.62. The molecule has 0 spiro atoms. The highest BCUT2D eigenvalue weighted by molar-refractivity contribution is 6.10. The van der Waals surface area contributed by atoms with Crippen LogP contribution in [0.25, 0.3) is 21.5 Å². The first-order valence-corrected chi connectivity index (χ1v) is 7.82. The Morgan fingerprint density at radius 1 is 0.667 bits per heavy atom. The highest BCUT2D eigenvalue weighted by Crippen LogP contribution is 2.40. The number of benzene rings is 3. The molecule has 0 fully saturated rings. The molecule has 0 aromatic heterocycles. The molecule has 2 atom stereocenters. The fraction of sp³-hybridized carbons (Fsp3) is 0.200. The van der Waals surface area contributed by atoms with Gasteiger partial charge in [-0.1, -0.05) is 48.5 Å². The molecule has 3 rings (SSSR count). The second-order valence-corrected chi connectivity index (χ2v) is 6.04. The maximum Gasteiger partial charge on any atom is 0.310 e. The van der Waals surface area contributed by atoms with Crippen LogP contribution in [0.15, 0.2) is 48.5 Å². The van der Waals surface area contributed by atoms with Gasteiger partial charge in [0.25, 0.3) is 0 Å². The minimum Gasteiger partial charge on any atom is -0.481 e. The summed E-state index contributed by atoms with van der Waals surface area (Å²) in [5, 5.41) is 22.3. The minimum absolute atomic E-state index is 0.686. The van der Waals surface area contributed by atoms with Gasteiger partial charge < -0.3 is 10.2 Å². The second-order valence-electron chi connectivity index (χ2n) is 6.04. The molecule has 0 heterocycles. The van der Waals surface area contributed by atoms with Crippen molar-refractivity contribution in [1.29, 1.82) is 0 Å². The predicted molar refractivity (Wildman–Crippen MR) is 93.6 cm³/mol. The summed E-state index contributed by atoms with van der Waals surface area (Å²) in [6, 6.07) is 14.9. The van der Waals surface area contributed by atoms with Crippen molar-refractivity contribution in [3.8, 4) is 0 Å². The van der Waals surface area contributed by atoms with Gasteiger partial charge in [-0.05, 0) is 46.5 Å². The van der Waals surface area contributed by atoms with E-state index in [4.69, 9.17) is 0 Å². The normalized spacial score (nSPS) is 13.8. The summed E-state index contributed by atoms with van der Waals surface area (Å²) in [6.07, 6.45) is 0. The van der Waals surface area contributed by atoms with E-state index in [2.05, 4.69) is 0 Å². The van der Waals surface area contributed by atoms with Crippen molar-refractivity contribution in [1.82, 2.24) is 0 Å². The SMILES string of the molecule is CC(C(=O)O)c1c2ccccc2c(C(C)C(=O)O)c2ccccc12. The average Bonchev–Trinajstić information content (AvgIpc) is 2.58. The lowest BCUT2D eigenvalue weighted by Crippen LogP contribution is -2.12. The van der Waals surface area contributed by atoms with Crippen molar-refractivity contribution in [2.45, 2.75) is 25.7 Å². The van der Waals surface area contributed by atoms with E-state index in [1.807, 2.05) is 48.5 Å². The van der Waals surface area contributed by atoms with E-state index in [0.717, 1.165) is 32.7 Å². The number of hydrogen-bond acceptors (Lipinski definition) is 2. The monoisotopic (exact) mass is 322 g/mol. The van der Waals surface area contributed by atoms with E-state index in [0.29, 0.717) is 0 Å². The summed E-state index contributed by atoms with van der Waals surface area (Å²) < 4.78 is 0. The molecule has 0 aliphatic carbocycles. The van der Waals surface area contributed by atoms with Gasteiger partial charge in [-0.15, -0.1) is 0 Å². The van der Waals surface area contributed by atoms with Crippen molar-refractivity contribution in [3.63, 3.8) is 0 Å². The topological polar surface area (TPSA) is 74.6 Å². The number of fused-ring (bicyclic) bond motifs is 2. The van der Waals surface area contributed by atoms with E-state index in [1.165, 1.54) is 0 Å². The zero-order chi connectivity index (χ0) is 17.4. The van der Waals surface area contributed by atoms with Crippen molar-refractivity contribution in [3.05, 3.63) is 59.7 Å². The van der Waals surface area contributed by atoms with Gasteiger partial charge in [0, 0.05) is 0 Å². The van der Waals surface area contributed by atoms with Crippen molar-refractivity contribution in [2.75, 3.05) is 0 Å². The molecule has 3 aromatic carbocycles. The van der Waals surface area contributed by atoms with Gasteiger partial charge in [0.15, 0.2) is 0 Å². The summed E-state index contributed by atoms with van der Waals surface area (Å²) in [7, 11) is 0. The number of carboxylic acids is 2. The second kappa shape index (κ2) is 5.96. The van der Waals surface area contributed by atoms with Crippen molar-refractivity contribution >= 4 is 33.5 Å². The van der Waals surface area contributed by atoms with Crippen molar-refractivity contribution < 1.29 is 19.8 Å². The van der Waals surface area contributed by atoms with Gasteiger partial charge in [0.1, 0.15) is 0 Å². The minimum atomic E-state index is -0.899. The molecule has 122 valence electrons. The van der Waals surface area contributed by atoms with Crippen LogP contribution in [-0.2, 0) is 9.59 Å². The van der Waals surface area contributed by atoms with Crippen LogP contribution in [-0.4, -0.2) is 22.2 Å². The number of carboxylic acid groups (broad SMARTS) is 2. The van der Waals surface area contributed by atoms with Gasteiger partial charge in [-0.3, -0.25) is 9.59 Å². The van der Waals surface area contributed by atoms with Crippen LogP contribution in [0, 0.1) is 0 Å². The lowest BCUT2D eigenvalue weighted by atomic mass is 9.83. The molecule has 4 nitrogen and oxygen atoms in total. The van der Waals surface area contributed by atoms with E-state index in [1.54, 1.807) is 13.8 Å². The molecular weight excluding hydrogens is 304 g/mol. The standard InChI is InChI=1S/C20H18O4/c1-11(19(21)22)17-13-7-3-5-9-15(13)18(12(2)20(23)24)16-10-6-4-8-14(16)17/h3-12H,1-2H3,(H,21,22)(H,23,24). The first kappa shape index (κ1) is 16.0. The van der Waals surface area contributed by atoms with Gasteiger partial charge in [0.05, 0.1) is 11.8 Å². The average molecular weight is 322 g/mol. The lowest BCUT2D eigenvalue weighted by Gasteiger charge is -2.20. The Morgan fingerprint density at radius 3 is 1.12 bits per heavy atom. The van der Waals surface area contributed by atoms with Gasteiger partial charge in [0.2, 0.25) is 0 Å². The maximum atomic E-state index is 11.6. The molecule has 0 aliphatic heterocycles. The summed E-state index contributed by atoms with van der Waals surface area (Å²) >= 11 is 0. The molecule has 0 saturated carbocycles. The highest BCUT2D eigenvalue weighted by Gasteiger charge is 2.25. The molecular formula is C20H18O4. The largest absolute Gasteiger partial charge is 0.481 e. The van der Waals surface area contributed by atoms with Crippen LogP contribution < -0.4 is 0 Å². The van der Waals surface area contributed by atoms with Crippen LogP contribution in [0.3, 0.4) is 0 Å². The van der Waals surface area contributed by atoms with Crippen LogP contribution in [0.2, 0.25) is 0 Å². The fourth-order valence-electron chi connectivity index (χ4n) is 3.38. The molecule has 0 amide bonds. The molecule has 0 saturated heterocycles. The third-order valence-corrected chi connectivity index (χ3v) is 4.62. The van der Waals surface area contributed by atoms with Gasteiger partial charge in [-0.2, -0.15) is 0 Å². The molecule has 24 heavy (non-hydrogen) atoms. The summed E-state index contributed by atoms with van der Waals surface area (Å²) in [6.45, 7) is 3.33. The Hall–Kier alpha value is -2.88. The Morgan fingerprint density at radius 2 is 0.917 bits per heavy atom. The van der Waals surface area contributed by atoms with Gasteiger partial charge >= 0.3 is 11.9 Å². The Balaban J connectivity index is 2.55. The number of carbonyl (C=O) groups is 2. The fourth-order valence-corrected chi connectivity index (χ4v) is 3.38. The van der Waals surface area contributed by atoms with Crippen LogP contribution in [0.5, 0.6) is 0 Å². The molecule has 3 aromatic rings. The quantitative estimate of drug-likeness (QED) is 0.699. The number of hydrogen-bond donors (Lipinski definition) is 2. The smallest absolute Gasteiger partial charge is 0.310 e. The van der Waals surface area contributed by atoms with E-state index in [-0.39, 0.29) is 0 Å². The molecule has 4 heteroatoms. The van der Waals surface area contributed by atoms with Crippen molar-refractivity contribution in [2.24, 2.45) is 0 Å². The summed E-state index contributed by atoms with van der Waals surface area (Å²) in [5.41, 5.74) is 1.46. The van der Waals surface area contributed by atoms with E-state index < -0.39 is 23.8 Å². The Kier molecular flexibility index (Phi) is 3.97. The predicted octanol–water partition coefficient (Wildman–Crippen LogP) is 4.37. The maximum absolute atomic E-state index is 11.6.